The minimum atomic E-state index is -2.95. The minimum absolute atomic E-state index is 0.107. The summed E-state index contributed by atoms with van der Waals surface area (Å²) < 4.78 is 46.8. The molecule has 0 fully saturated rings. The molecule has 0 spiro atoms. The van der Waals surface area contributed by atoms with Gasteiger partial charge in [0.2, 0.25) is 0 Å². The van der Waals surface area contributed by atoms with Crippen molar-refractivity contribution in [3.63, 3.8) is 0 Å². The number of hydrogen-bond acceptors (Lipinski definition) is 3. The first-order valence-corrected chi connectivity index (χ1v) is 12.7. The second-order valence-corrected chi connectivity index (χ2v) is 12.8. The van der Waals surface area contributed by atoms with Crippen LogP contribution in [0.1, 0.15) is 51.5 Å². The zero-order chi connectivity index (χ0) is 23.4. The molecule has 32 heavy (non-hydrogen) atoms. The van der Waals surface area contributed by atoms with Crippen LogP contribution in [-0.4, -0.2) is 30.9 Å². The number of imidazole rings is 1. The molecule has 4 rings (SSSR count). The monoisotopic (exact) mass is 544 g/mol. The topological polar surface area (TPSA) is 44.1 Å². The van der Waals surface area contributed by atoms with Gasteiger partial charge in [0.25, 0.3) is 0 Å². The van der Waals surface area contributed by atoms with Gasteiger partial charge in [0.1, 0.15) is 11.6 Å². The lowest BCUT2D eigenvalue weighted by molar-refractivity contribution is -0.0507. The molecule has 0 amide bonds. The van der Waals surface area contributed by atoms with Crippen LogP contribution in [0.4, 0.5) is 8.78 Å². The maximum atomic E-state index is 13.2. The number of halogens is 4. The standard InChI is InChI=1S/C23H24BrClF2N2O2S/c1-22(2,3)32(30)12-23(4)11-17(19-14(24)6-5-7-18(19)31-21(26)27)29-16-10-13(25)8-9-15(16)28-20(23)29/h5-10,17,21H,11-12H2,1-4H3/t17-,23+,32?/m1/s1. The first kappa shape index (κ1) is 23.6. The number of hydrogen-bond donors (Lipinski definition) is 0. The molecule has 0 N–H and O–H groups in total. The van der Waals surface area contributed by atoms with Crippen molar-refractivity contribution in [2.24, 2.45) is 0 Å². The summed E-state index contributed by atoms with van der Waals surface area (Å²) in [5.74, 6) is 1.28. The van der Waals surface area contributed by atoms with Crippen LogP contribution in [0.5, 0.6) is 5.75 Å². The van der Waals surface area contributed by atoms with E-state index in [4.69, 9.17) is 21.3 Å². The highest BCUT2D eigenvalue weighted by atomic mass is 79.9. The van der Waals surface area contributed by atoms with Crippen LogP contribution in [0.2, 0.25) is 5.02 Å². The average Bonchev–Trinajstić information content (AvgIpc) is 3.17. The van der Waals surface area contributed by atoms with Crippen LogP contribution >= 0.6 is 27.5 Å². The lowest BCUT2D eigenvalue weighted by Crippen LogP contribution is -2.35. The molecule has 3 atom stereocenters. The van der Waals surface area contributed by atoms with Crippen molar-refractivity contribution in [2.45, 2.75) is 56.9 Å². The quantitative estimate of drug-likeness (QED) is 0.352. The van der Waals surface area contributed by atoms with Crippen molar-refractivity contribution in [2.75, 3.05) is 5.75 Å². The van der Waals surface area contributed by atoms with Gasteiger partial charge in [-0.05, 0) is 57.5 Å². The highest BCUT2D eigenvalue weighted by Gasteiger charge is 2.47. The molecule has 1 aliphatic heterocycles. The van der Waals surface area contributed by atoms with Crippen LogP contribution in [-0.2, 0) is 16.2 Å². The third-order valence-electron chi connectivity index (χ3n) is 5.84. The number of benzene rings is 2. The zero-order valence-electron chi connectivity index (χ0n) is 18.2. The Bertz CT molecular complexity index is 1210. The van der Waals surface area contributed by atoms with Crippen molar-refractivity contribution >= 4 is 49.4 Å². The van der Waals surface area contributed by atoms with Crippen molar-refractivity contribution in [1.29, 1.82) is 0 Å². The third kappa shape index (κ3) is 4.21. The zero-order valence-corrected chi connectivity index (χ0v) is 21.3. The Balaban J connectivity index is 1.93. The second-order valence-electron chi connectivity index (χ2n) is 9.35. The molecule has 2 aromatic carbocycles. The largest absolute Gasteiger partial charge is 0.434 e. The fourth-order valence-corrected chi connectivity index (χ4v) is 6.35. The van der Waals surface area contributed by atoms with E-state index < -0.39 is 27.6 Å². The number of alkyl halides is 2. The molecular weight excluding hydrogens is 522 g/mol. The molecule has 1 aromatic heterocycles. The molecule has 1 aliphatic rings. The number of nitrogens with zero attached hydrogens (tertiary/aromatic N) is 2. The summed E-state index contributed by atoms with van der Waals surface area (Å²) in [4.78, 5) is 4.88. The average molecular weight is 546 g/mol. The Labute approximate surface area is 201 Å². The Kier molecular flexibility index (Phi) is 6.18. The van der Waals surface area contributed by atoms with E-state index >= 15 is 0 Å². The Hall–Kier alpha value is -1.51. The minimum Gasteiger partial charge on any atom is -0.434 e. The molecule has 0 bridgehead atoms. The first-order valence-electron chi connectivity index (χ1n) is 10.2. The summed E-state index contributed by atoms with van der Waals surface area (Å²) in [6.45, 7) is 4.94. The Morgan fingerprint density at radius 1 is 1.34 bits per heavy atom. The molecule has 3 aromatic rings. The highest BCUT2D eigenvalue weighted by molar-refractivity contribution is 9.10. The Morgan fingerprint density at radius 3 is 2.72 bits per heavy atom. The normalized spacial score (nSPS) is 21.8. The van der Waals surface area contributed by atoms with Crippen molar-refractivity contribution in [3.8, 4) is 5.75 Å². The van der Waals surface area contributed by atoms with E-state index in [1.165, 1.54) is 0 Å². The van der Waals surface area contributed by atoms with Gasteiger partial charge in [0.15, 0.2) is 0 Å². The van der Waals surface area contributed by atoms with E-state index in [0.29, 0.717) is 27.2 Å². The maximum Gasteiger partial charge on any atom is 0.387 e. The third-order valence-corrected chi connectivity index (χ3v) is 9.03. The molecular formula is C23H24BrClF2N2O2S. The van der Waals surface area contributed by atoms with Gasteiger partial charge in [-0.2, -0.15) is 8.78 Å². The van der Waals surface area contributed by atoms with Crippen molar-refractivity contribution in [3.05, 3.63) is 57.3 Å². The lowest BCUT2D eigenvalue weighted by atomic mass is 9.86. The van der Waals surface area contributed by atoms with Crippen LogP contribution in [0, 0.1) is 0 Å². The summed E-state index contributed by atoms with van der Waals surface area (Å²) in [5, 5.41) is 0.557. The van der Waals surface area contributed by atoms with Crippen LogP contribution in [0.3, 0.4) is 0 Å². The van der Waals surface area contributed by atoms with Gasteiger partial charge in [-0.25, -0.2) is 4.98 Å². The van der Waals surface area contributed by atoms with Crippen LogP contribution in [0.25, 0.3) is 11.0 Å². The van der Waals surface area contributed by atoms with Crippen molar-refractivity contribution in [1.82, 2.24) is 9.55 Å². The van der Waals surface area contributed by atoms with Gasteiger partial charge in [-0.15, -0.1) is 0 Å². The number of aromatic nitrogens is 2. The highest BCUT2D eigenvalue weighted by Crippen LogP contribution is 2.50. The molecule has 0 aliphatic carbocycles. The van der Waals surface area contributed by atoms with E-state index in [1.54, 1.807) is 18.2 Å². The second kappa shape index (κ2) is 8.37. The predicted octanol–water partition coefficient (Wildman–Crippen LogP) is 6.85. The van der Waals surface area contributed by atoms with Gasteiger partial charge in [-0.3, -0.25) is 4.21 Å². The van der Waals surface area contributed by atoms with Crippen molar-refractivity contribution < 1.29 is 17.7 Å². The van der Waals surface area contributed by atoms with Gasteiger partial charge < -0.3 is 9.30 Å². The van der Waals surface area contributed by atoms with Gasteiger partial charge in [0.05, 0.1) is 17.1 Å². The molecule has 9 heteroatoms. The summed E-state index contributed by atoms with van der Waals surface area (Å²) in [5.41, 5.74) is 1.64. The number of ether oxygens (including phenoxy) is 1. The molecule has 4 nitrogen and oxygen atoms in total. The molecule has 0 saturated carbocycles. The molecule has 2 heterocycles. The van der Waals surface area contributed by atoms with Gasteiger partial charge >= 0.3 is 6.61 Å². The maximum absolute atomic E-state index is 13.2. The van der Waals surface area contributed by atoms with Crippen LogP contribution in [0.15, 0.2) is 40.9 Å². The summed E-state index contributed by atoms with van der Waals surface area (Å²) >= 11 is 9.84. The van der Waals surface area contributed by atoms with E-state index in [1.807, 2.05) is 50.5 Å². The number of fused-ring (bicyclic) bond motifs is 3. The van der Waals surface area contributed by atoms with E-state index in [0.717, 1.165) is 16.9 Å². The predicted molar refractivity (Wildman–Crippen MR) is 128 cm³/mol. The lowest BCUT2D eigenvalue weighted by Gasteiger charge is -2.28. The summed E-state index contributed by atoms with van der Waals surface area (Å²) in [6.07, 6.45) is 0.543. The van der Waals surface area contributed by atoms with Gasteiger partial charge in [0, 0.05) is 41.8 Å². The SMILES string of the molecule is CC(C)(C)S(=O)C[C@]1(C)C[C@H](c2c(Br)cccc2OC(F)F)n2c1nc1ccc(Cl)cc12. The van der Waals surface area contributed by atoms with E-state index in [9.17, 15) is 13.0 Å². The fourth-order valence-electron chi connectivity index (χ4n) is 4.32. The summed E-state index contributed by atoms with van der Waals surface area (Å²) in [6, 6.07) is 10.1. The van der Waals surface area contributed by atoms with E-state index in [-0.39, 0.29) is 11.8 Å². The fraction of sp³-hybridized carbons (Fsp3) is 0.435. The molecule has 0 saturated heterocycles. The van der Waals surface area contributed by atoms with Gasteiger partial charge in [-0.1, -0.05) is 40.5 Å². The first-order chi connectivity index (χ1) is 14.9. The van der Waals surface area contributed by atoms with E-state index in [2.05, 4.69) is 15.9 Å². The molecule has 172 valence electrons. The molecule has 0 radical (unpaired) electrons. The smallest absolute Gasteiger partial charge is 0.387 e. The number of rotatable bonds is 5. The van der Waals surface area contributed by atoms with Crippen LogP contribution < -0.4 is 4.74 Å². The Morgan fingerprint density at radius 2 is 2.06 bits per heavy atom. The molecule has 1 unspecified atom stereocenters. The summed E-state index contributed by atoms with van der Waals surface area (Å²) in [7, 11) is -1.13.